The third kappa shape index (κ3) is 3.43. The molecule has 0 fully saturated rings. The molecule has 0 atom stereocenters. The van der Waals surface area contributed by atoms with Crippen molar-refractivity contribution in [3.05, 3.63) is 17.6 Å². The molecule has 0 N–H and O–H groups in total. The Morgan fingerprint density at radius 1 is 1.30 bits per heavy atom. The highest BCUT2D eigenvalue weighted by atomic mass is 19.4. The lowest BCUT2D eigenvalue weighted by molar-refractivity contribution is -0.107. The molecule has 0 aromatic heterocycles. The average Bonchev–Trinajstić information content (AvgIpc) is 1.60. The van der Waals surface area contributed by atoms with Crippen molar-refractivity contribution < 1.29 is 13.2 Å². The Bertz CT molecular complexity index is 128. The van der Waals surface area contributed by atoms with Gasteiger partial charge in [0.25, 0.3) is 0 Å². The maximum atomic E-state index is 11.7. The van der Waals surface area contributed by atoms with Crippen molar-refractivity contribution in [2.45, 2.75) is 26.9 Å². The molecule has 0 amide bonds. The van der Waals surface area contributed by atoms with Crippen LogP contribution in [0.5, 0.6) is 0 Å². The molecule has 0 aromatic carbocycles. The molecule has 10 heavy (non-hydrogen) atoms. The van der Waals surface area contributed by atoms with E-state index in [1.165, 1.54) is 0 Å². The molecular weight excluding hydrogens is 141 g/mol. The number of rotatable bonds is 1. The summed E-state index contributed by atoms with van der Waals surface area (Å²) in [6, 6.07) is 0. The van der Waals surface area contributed by atoms with Crippen LogP contribution < -0.4 is 0 Å². The molecule has 0 aromatic rings. The monoisotopic (exact) mass is 151 g/mol. The van der Waals surface area contributed by atoms with Gasteiger partial charge in [-0.05, 0) is 0 Å². The van der Waals surface area contributed by atoms with Gasteiger partial charge in [0, 0.05) is 26.3 Å². The Labute approximate surface area is 58.7 Å². The zero-order valence-electron chi connectivity index (χ0n) is 6.21. The van der Waals surface area contributed by atoms with E-state index in [0.29, 0.717) is 5.57 Å². The summed E-state index contributed by atoms with van der Waals surface area (Å²) in [5.74, 6) is -0.549. The van der Waals surface area contributed by atoms with Crippen molar-refractivity contribution in [1.82, 2.24) is 0 Å². The number of alkyl halides is 3. The highest BCUT2D eigenvalue weighted by molar-refractivity contribution is 5.15. The first-order chi connectivity index (χ1) is 4.34. The Morgan fingerprint density at radius 3 is 1.80 bits per heavy atom. The number of hydrogen-bond donors (Lipinski definition) is 0. The van der Waals surface area contributed by atoms with Gasteiger partial charge in [-0.15, -0.1) is 13.2 Å². The molecule has 0 aliphatic heterocycles. The second-order valence-corrected chi connectivity index (χ2v) is 2.40. The zero-order valence-corrected chi connectivity index (χ0v) is 6.21. The van der Waals surface area contributed by atoms with Gasteiger partial charge in [-0.2, -0.15) is 0 Å². The second-order valence-electron chi connectivity index (χ2n) is 2.40. The van der Waals surface area contributed by atoms with Crippen LogP contribution in [0.1, 0.15) is 20.8 Å². The lowest BCUT2D eigenvalue weighted by Gasteiger charge is -2.02. The predicted molar refractivity (Wildman–Crippen MR) is 34.4 cm³/mol. The molecule has 0 unspecified atom stereocenters. The third-order valence-electron chi connectivity index (χ3n) is 0.952. The van der Waals surface area contributed by atoms with E-state index in [9.17, 15) is 13.2 Å². The standard InChI is InChI=1S/C7H10F3/c1-5(2)4-6(3)7(8,9)10/h4H,1-3H3/q+1. The largest absolute Gasteiger partial charge is 0.486 e. The minimum absolute atomic E-state index is 0.549. The summed E-state index contributed by atoms with van der Waals surface area (Å²) in [7, 11) is 0. The summed E-state index contributed by atoms with van der Waals surface area (Å²) in [6.07, 6.45) is -3.04. The van der Waals surface area contributed by atoms with E-state index < -0.39 is 12.1 Å². The number of halogens is 3. The summed E-state index contributed by atoms with van der Waals surface area (Å²) in [4.78, 5) is 0. The molecule has 3 heteroatoms. The van der Waals surface area contributed by atoms with Crippen molar-refractivity contribution in [2.75, 3.05) is 0 Å². The predicted octanol–water partition coefficient (Wildman–Crippen LogP) is 3.11. The average molecular weight is 151 g/mol. The second kappa shape index (κ2) is 2.99. The van der Waals surface area contributed by atoms with Crippen LogP contribution in [-0.4, -0.2) is 6.18 Å². The summed E-state index contributed by atoms with van der Waals surface area (Å²) < 4.78 is 35.2. The van der Waals surface area contributed by atoms with Crippen molar-refractivity contribution in [3.63, 3.8) is 0 Å². The lowest BCUT2D eigenvalue weighted by Crippen LogP contribution is -2.15. The molecule has 0 heterocycles. The highest BCUT2D eigenvalue weighted by Gasteiger charge is 2.41. The van der Waals surface area contributed by atoms with Crippen molar-refractivity contribution in [1.29, 1.82) is 0 Å². The topological polar surface area (TPSA) is 0 Å². The lowest BCUT2D eigenvalue weighted by atomic mass is 10.1. The number of hydrogen-bond acceptors (Lipinski definition) is 0. The fourth-order valence-electron chi connectivity index (χ4n) is 0.515. The van der Waals surface area contributed by atoms with Gasteiger partial charge in [0.1, 0.15) is 6.08 Å². The Hall–Kier alpha value is -0.600. The van der Waals surface area contributed by atoms with Gasteiger partial charge in [-0.3, -0.25) is 0 Å². The van der Waals surface area contributed by atoms with Crippen LogP contribution in [0.2, 0.25) is 0 Å². The molecule has 0 saturated carbocycles. The van der Waals surface area contributed by atoms with E-state index in [2.05, 4.69) is 0 Å². The first-order valence-electron chi connectivity index (χ1n) is 2.89. The van der Waals surface area contributed by atoms with Crippen LogP contribution in [0.4, 0.5) is 13.2 Å². The van der Waals surface area contributed by atoms with E-state index in [4.69, 9.17) is 0 Å². The smallest absolute Gasteiger partial charge is 0.148 e. The molecular formula is C7H10F3+. The van der Waals surface area contributed by atoms with Gasteiger partial charge in [0.05, 0.1) is 0 Å². The Kier molecular flexibility index (Phi) is 2.81. The fourth-order valence-corrected chi connectivity index (χ4v) is 0.515. The molecule has 0 aliphatic carbocycles. The molecule has 58 valence electrons. The normalized spacial score (nSPS) is 11.0. The van der Waals surface area contributed by atoms with Crippen LogP contribution >= 0.6 is 0 Å². The fraction of sp³-hybridized carbons (Fsp3) is 0.571. The van der Waals surface area contributed by atoms with E-state index in [1.54, 1.807) is 13.8 Å². The first kappa shape index (κ1) is 9.40. The zero-order chi connectivity index (χ0) is 8.36. The quantitative estimate of drug-likeness (QED) is 0.505. The first-order valence-corrected chi connectivity index (χ1v) is 2.89. The molecule has 0 aliphatic rings. The molecule has 0 spiro atoms. The van der Waals surface area contributed by atoms with Gasteiger partial charge in [0.2, 0.25) is 0 Å². The van der Waals surface area contributed by atoms with Gasteiger partial charge >= 0.3 is 6.18 Å². The van der Waals surface area contributed by atoms with Gasteiger partial charge in [-0.1, -0.05) is 0 Å². The molecule has 0 saturated heterocycles. The summed E-state index contributed by atoms with van der Waals surface area (Å²) in [6.45, 7) is 4.33. The van der Waals surface area contributed by atoms with Gasteiger partial charge in [0.15, 0.2) is 5.92 Å². The SMILES string of the molecule is CC(C)=C[C+](C)C(F)(F)F. The van der Waals surface area contributed by atoms with Gasteiger partial charge < -0.3 is 0 Å². The Morgan fingerprint density at radius 2 is 1.70 bits per heavy atom. The van der Waals surface area contributed by atoms with Gasteiger partial charge in [-0.25, -0.2) is 0 Å². The summed E-state index contributed by atoms with van der Waals surface area (Å²) in [5.41, 5.74) is 0.662. The van der Waals surface area contributed by atoms with Crippen molar-refractivity contribution >= 4 is 0 Å². The molecule has 0 bridgehead atoms. The van der Waals surface area contributed by atoms with Crippen molar-refractivity contribution in [3.8, 4) is 0 Å². The van der Waals surface area contributed by atoms with Crippen LogP contribution in [0, 0.1) is 5.92 Å². The summed E-state index contributed by atoms with van der Waals surface area (Å²) >= 11 is 0. The van der Waals surface area contributed by atoms with E-state index in [-0.39, 0.29) is 0 Å². The van der Waals surface area contributed by atoms with Crippen LogP contribution in [0.15, 0.2) is 11.6 Å². The van der Waals surface area contributed by atoms with E-state index in [0.717, 1.165) is 13.0 Å². The molecule has 0 nitrogen and oxygen atoms in total. The summed E-state index contributed by atoms with van der Waals surface area (Å²) in [5, 5.41) is 0. The van der Waals surface area contributed by atoms with E-state index >= 15 is 0 Å². The van der Waals surface area contributed by atoms with Crippen LogP contribution in [0.3, 0.4) is 0 Å². The third-order valence-corrected chi connectivity index (χ3v) is 0.952. The molecule has 0 rings (SSSR count). The van der Waals surface area contributed by atoms with Crippen LogP contribution in [-0.2, 0) is 0 Å². The Balaban J connectivity index is 4.11. The minimum Gasteiger partial charge on any atom is -0.148 e. The maximum absolute atomic E-state index is 11.7. The number of allylic oxidation sites excluding steroid dienone is 2. The van der Waals surface area contributed by atoms with Crippen molar-refractivity contribution in [2.24, 2.45) is 0 Å². The minimum atomic E-state index is -4.17. The van der Waals surface area contributed by atoms with Crippen LogP contribution in [0.25, 0.3) is 0 Å². The van der Waals surface area contributed by atoms with E-state index in [1.807, 2.05) is 0 Å². The molecule has 0 radical (unpaired) electrons. The highest BCUT2D eigenvalue weighted by Crippen LogP contribution is 2.29. The maximum Gasteiger partial charge on any atom is 0.486 e.